The SMILES string of the molecule is COC(=O)CC1=C(C(=O)OC)C(c2c(Cl)cccc2Cl)C(C(=O)OC)=C(CCc2ccccc2COCCN2CCCC2)N1. The molecule has 2 heterocycles. The first-order valence-electron chi connectivity index (χ1n) is 14.6. The van der Waals surface area contributed by atoms with Gasteiger partial charge in [-0.2, -0.15) is 0 Å². The highest BCUT2D eigenvalue weighted by atomic mass is 35.5. The van der Waals surface area contributed by atoms with E-state index in [1.807, 2.05) is 24.3 Å². The van der Waals surface area contributed by atoms with Crippen molar-refractivity contribution in [1.82, 2.24) is 10.2 Å². The molecule has 0 bridgehead atoms. The summed E-state index contributed by atoms with van der Waals surface area (Å²) in [6, 6.07) is 12.9. The molecule has 4 rings (SSSR count). The zero-order valence-corrected chi connectivity index (χ0v) is 26.8. The van der Waals surface area contributed by atoms with Gasteiger partial charge in [0.2, 0.25) is 0 Å². The fraction of sp³-hybridized carbons (Fsp3) is 0.424. The molecular weight excluding hydrogens is 607 g/mol. The fourth-order valence-electron chi connectivity index (χ4n) is 5.72. The molecule has 11 heteroatoms. The summed E-state index contributed by atoms with van der Waals surface area (Å²) in [4.78, 5) is 41.7. The van der Waals surface area contributed by atoms with Crippen LogP contribution in [-0.2, 0) is 46.4 Å². The number of likely N-dealkylation sites (tertiary alicyclic amines) is 1. The van der Waals surface area contributed by atoms with Crippen molar-refractivity contribution in [1.29, 1.82) is 0 Å². The average Bonchev–Trinajstić information content (AvgIpc) is 3.55. The summed E-state index contributed by atoms with van der Waals surface area (Å²) in [5, 5.41) is 3.67. The average molecular weight is 646 g/mol. The van der Waals surface area contributed by atoms with E-state index >= 15 is 0 Å². The van der Waals surface area contributed by atoms with Crippen LogP contribution in [0.5, 0.6) is 0 Å². The van der Waals surface area contributed by atoms with Gasteiger partial charge in [0, 0.05) is 33.5 Å². The molecule has 1 N–H and O–H groups in total. The lowest BCUT2D eigenvalue weighted by molar-refractivity contribution is -0.139. The van der Waals surface area contributed by atoms with Gasteiger partial charge in [-0.15, -0.1) is 0 Å². The number of nitrogens with one attached hydrogen (secondary N) is 1. The molecule has 1 atom stereocenters. The molecule has 44 heavy (non-hydrogen) atoms. The first-order chi connectivity index (χ1) is 21.3. The first-order valence-corrected chi connectivity index (χ1v) is 15.3. The van der Waals surface area contributed by atoms with E-state index in [-0.39, 0.29) is 33.3 Å². The number of halogens is 2. The van der Waals surface area contributed by atoms with Crippen molar-refractivity contribution >= 4 is 41.1 Å². The monoisotopic (exact) mass is 644 g/mol. The summed E-state index contributed by atoms with van der Waals surface area (Å²) in [5.41, 5.74) is 3.26. The predicted molar refractivity (Wildman–Crippen MR) is 167 cm³/mol. The quantitative estimate of drug-likeness (QED) is 0.176. The number of esters is 3. The molecule has 1 unspecified atom stereocenters. The van der Waals surface area contributed by atoms with Gasteiger partial charge in [0.05, 0.1) is 58.0 Å². The van der Waals surface area contributed by atoms with Gasteiger partial charge < -0.3 is 29.2 Å². The summed E-state index contributed by atoms with van der Waals surface area (Å²) in [5.74, 6) is -3.09. The van der Waals surface area contributed by atoms with E-state index in [9.17, 15) is 14.4 Å². The molecule has 2 aliphatic rings. The van der Waals surface area contributed by atoms with E-state index in [1.165, 1.54) is 34.2 Å². The molecule has 1 fully saturated rings. The Morgan fingerprint density at radius 1 is 0.818 bits per heavy atom. The van der Waals surface area contributed by atoms with E-state index in [1.54, 1.807) is 18.2 Å². The summed E-state index contributed by atoms with van der Waals surface area (Å²) in [7, 11) is 3.74. The minimum Gasteiger partial charge on any atom is -0.469 e. The highest BCUT2D eigenvalue weighted by Crippen LogP contribution is 2.46. The standard InChI is InChI=1S/C33H38Cl2N2O7/c1-41-27(38)19-26-30(33(40)43-3)31(28-23(34)11-8-12-24(28)35)29(32(39)42-2)25(36-26)14-13-21-9-4-5-10-22(21)20-44-18-17-37-15-6-7-16-37/h4-5,8-12,31,36H,6-7,13-20H2,1-3H3. The molecule has 0 radical (unpaired) electrons. The molecule has 0 saturated carbocycles. The number of dihydropyridines is 1. The lowest BCUT2D eigenvalue weighted by Crippen LogP contribution is -2.35. The van der Waals surface area contributed by atoms with E-state index in [4.69, 9.17) is 42.1 Å². The van der Waals surface area contributed by atoms with Crippen molar-refractivity contribution < 1.29 is 33.3 Å². The third-order valence-electron chi connectivity index (χ3n) is 7.95. The van der Waals surface area contributed by atoms with E-state index in [0.717, 1.165) is 30.8 Å². The van der Waals surface area contributed by atoms with Crippen LogP contribution in [0.25, 0.3) is 0 Å². The molecule has 236 valence electrons. The van der Waals surface area contributed by atoms with Crippen molar-refractivity contribution in [3.05, 3.63) is 91.7 Å². The van der Waals surface area contributed by atoms with Crippen LogP contribution in [0.1, 0.15) is 48.3 Å². The van der Waals surface area contributed by atoms with E-state index in [0.29, 0.717) is 37.3 Å². The molecule has 2 aliphatic heterocycles. The number of hydrogen-bond donors (Lipinski definition) is 1. The van der Waals surface area contributed by atoms with Gasteiger partial charge in [-0.3, -0.25) is 4.79 Å². The Morgan fingerprint density at radius 2 is 1.43 bits per heavy atom. The molecule has 1 saturated heterocycles. The van der Waals surface area contributed by atoms with Crippen LogP contribution in [0.15, 0.2) is 65.0 Å². The largest absolute Gasteiger partial charge is 0.469 e. The van der Waals surface area contributed by atoms with Crippen LogP contribution in [0.3, 0.4) is 0 Å². The smallest absolute Gasteiger partial charge is 0.336 e. The van der Waals surface area contributed by atoms with E-state index < -0.39 is 23.8 Å². The Bertz CT molecular complexity index is 1410. The third-order valence-corrected chi connectivity index (χ3v) is 8.61. The van der Waals surface area contributed by atoms with Crippen LogP contribution in [0.4, 0.5) is 0 Å². The van der Waals surface area contributed by atoms with Gasteiger partial charge in [0.1, 0.15) is 0 Å². The zero-order chi connectivity index (χ0) is 31.6. The van der Waals surface area contributed by atoms with Crippen LogP contribution >= 0.6 is 23.2 Å². The molecule has 0 spiro atoms. The van der Waals surface area contributed by atoms with Crippen LogP contribution in [0.2, 0.25) is 10.0 Å². The number of aryl methyl sites for hydroxylation is 1. The topological polar surface area (TPSA) is 103 Å². The fourth-order valence-corrected chi connectivity index (χ4v) is 6.34. The molecule has 2 aromatic rings. The van der Waals surface area contributed by atoms with Crippen molar-refractivity contribution in [2.45, 2.75) is 44.6 Å². The van der Waals surface area contributed by atoms with Gasteiger partial charge in [0.25, 0.3) is 0 Å². The zero-order valence-electron chi connectivity index (χ0n) is 25.3. The second-order valence-electron chi connectivity index (χ2n) is 10.6. The number of methoxy groups -OCH3 is 3. The Hall–Kier alpha value is -3.37. The van der Waals surface area contributed by atoms with Crippen LogP contribution in [0, 0.1) is 0 Å². The molecule has 9 nitrogen and oxygen atoms in total. The Balaban J connectivity index is 1.71. The minimum absolute atomic E-state index is 0.0175. The number of ether oxygens (including phenoxy) is 4. The van der Waals surface area contributed by atoms with E-state index in [2.05, 4.69) is 10.2 Å². The summed E-state index contributed by atoms with van der Waals surface area (Å²) >= 11 is 13.3. The Labute approximate surface area is 268 Å². The first kappa shape index (κ1) is 33.5. The molecule has 2 aromatic carbocycles. The predicted octanol–water partition coefficient (Wildman–Crippen LogP) is 5.34. The number of hydrogen-bond acceptors (Lipinski definition) is 9. The van der Waals surface area contributed by atoms with Gasteiger partial charge in [-0.05, 0) is 62.0 Å². The van der Waals surface area contributed by atoms with Crippen molar-refractivity contribution in [2.24, 2.45) is 0 Å². The van der Waals surface area contributed by atoms with Crippen molar-refractivity contribution in [3.8, 4) is 0 Å². The number of rotatable bonds is 13. The Morgan fingerprint density at radius 3 is 2.05 bits per heavy atom. The summed E-state index contributed by atoms with van der Waals surface area (Å²) in [6.07, 6.45) is 3.06. The maximum absolute atomic E-state index is 13.5. The maximum atomic E-state index is 13.5. The number of carbonyl (C=O) groups is 3. The van der Waals surface area contributed by atoms with Gasteiger partial charge >= 0.3 is 17.9 Å². The summed E-state index contributed by atoms with van der Waals surface area (Å²) < 4.78 is 21.3. The Kier molecular flexibility index (Phi) is 12.3. The highest BCUT2D eigenvalue weighted by molar-refractivity contribution is 6.36. The number of nitrogens with zero attached hydrogens (tertiary/aromatic N) is 1. The van der Waals surface area contributed by atoms with Gasteiger partial charge in [-0.1, -0.05) is 53.5 Å². The van der Waals surface area contributed by atoms with Crippen molar-refractivity contribution in [2.75, 3.05) is 47.6 Å². The number of benzene rings is 2. The molecule has 0 amide bonds. The second-order valence-corrected chi connectivity index (χ2v) is 11.4. The minimum atomic E-state index is -1.07. The molecule has 0 aromatic heterocycles. The van der Waals surface area contributed by atoms with Crippen LogP contribution in [-0.4, -0.2) is 70.4 Å². The molecular formula is C33H38Cl2N2O7. The van der Waals surface area contributed by atoms with Crippen LogP contribution < -0.4 is 5.32 Å². The lowest BCUT2D eigenvalue weighted by atomic mass is 9.78. The number of carbonyl (C=O) groups excluding carboxylic acids is 3. The van der Waals surface area contributed by atoms with Gasteiger partial charge in [0.15, 0.2) is 0 Å². The van der Waals surface area contributed by atoms with Gasteiger partial charge in [-0.25, -0.2) is 9.59 Å². The molecule has 0 aliphatic carbocycles. The number of allylic oxidation sites excluding steroid dienone is 1. The normalized spacial score (nSPS) is 17.0. The summed E-state index contributed by atoms with van der Waals surface area (Å²) in [6.45, 7) is 4.25. The lowest BCUT2D eigenvalue weighted by Gasteiger charge is -2.33. The maximum Gasteiger partial charge on any atom is 0.336 e. The third kappa shape index (κ3) is 8.01. The highest BCUT2D eigenvalue weighted by Gasteiger charge is 2.41. The second kappa shape index (κ2) is 16.1. The van der Waals surface area contributed by atoms with Crippen molar-refractivity contribution in [3.63, 3.8) is 0 Å².